The Bertz CT molecular complexity index is 907. The smallest absolute Gasteiger partial charge is 0.193 e. The maximum atomic E-state index is 14.8. The second-order valence-corrected chi connectivity index (χ2v) is 8.49. The number of piperazine rings is 1. The quantitative estimate of drug-likeness (QED) is 0.350. The van der Waals surface area contributed by atoms with Crippen molar-refractivity contribution in [2.75, 3.05) is 57.8 Å². The molecule has 2 aliphatic rings. The summed E-state index contributed by atoms with van der Waals surface area (Å²) in [6, 6.07) is 5.60. The number of likely N-dealkylation sites (tertiary alicyclic amines) is 1. The number of anilines is 1. The van der Waals surface area contributed by atoms with Gasteiger partial charge in [0.15, 0.2) is 5.96 Å². The monoisotopic (exact) mass is 555 g/mol. The summed E-state index contributed by atoms with van der Waals surface area (Å²) < 4.78 is 16.7. The maximum Gasteiger partial charge on any atom is 0.193 e. The predicted octanol–water partition coefficient (Wildman–Crippen LogP) is 2.88. The Hall–Kier alpha value is -1.88. The second kappa shape index (κ2) is 11.3. The van der Waals surface area contributed by atoms with Gasteiger partial charge in [0.25, 0.3) is 0 Å². The molecule has 9 heteroatoms. The average Bonchev–Trinajstić information content (AvgIpc) is 3.44. The molecule has 0 saturated carbocycles. The van der Waals surface area contributed by atoms with Gasteiger partial charge in [-0.2, -0.15) is 5.10 Å². The van der Waals surface area contributed by atoms with Gasteiger partial charge in [0.2, 0.25) is 0 Å². The zero-order valence-electron chi connectivity index (χ0n) is 19.3. The second-order valence-electron chi connectivity index (χ2n) is 8.49. The highest BCUT2D eigenvalue weighted by Crippen LogP contribution is 2.27. The minimum Gasteiger partial charge on any atom is -0.367 e. The lowest BCUT2D eigenvalue weighted by atomic mass is 10.0. The van der Waals surface area contributed by atoms with Crippen molar-refractivity contribution in [2.24, 2.45) is 12.0 Å². The molecule has 176 valence electrons. The molecular weight excluding hydrogens is 520 g/mol. The van der Waals surface area contributed by atoms with Gasteiger partial charge in [-0.05, 0) is 36.2 Å². The van der Waals surface area contributed by atoms with Crippen LogP contribution in [0.2, 0.25) is 0 Å². The van der Waals surface area contributed by atoms with Crippen molar-refractivity contribution < 1.29 is 4.39 Å². The summed E-state index contributed by atoms with van der Waals surface area (Å²) in [6.07, 6.45) is 5.13. The van der Waals surface area contributed by atoms with Crippen LogP contribution in [0.25, 0.3) is 0 Å². The van der Waals surface area contributed by atoms with Gasteiger partial charge in [-0.1, -0.05) is 13.0 Å². The van der Waals surface area contributed by atoms with E-state index in [4.69, 9.17) is 0 Å². The van der Waals surface area contributed by atoms with Gasteiger partial charge in [-0.3, -0.25) is 9.67 Å². The number of guanidine groups is 1. The van der Waals surface area contributed by atoms with E-state index in [-0.39, 0.29) is 29.8 Å². The number of likely N-dealkylation sites (N-methyl/N-ethyl adjacent to an activating group) is 1. The molecule has 3 heterocycles. The van der Waals surface area contributed by atoms with Gasteiger partial charge in [0.1, 0.15) is 5.82 Å². The summed E-state index contributed by atoms with van der Waals surface area (Å²) in [5.74, 6) is 1.20. The van der Waals surface area contributed by atoms with Crippen LogP contribution in [0.15, 0.2) is 35.6 Å². The number of hydrogen-bond donors (Lipinski definition) is 1. The summed E-state index contributed by atoms with van der Waals surface area (Å²) in [4.78, 5) is 11.3. The first-order valence-corrected chi connectivity index (χ1v) is 11.3. The third-order valence-corrected chi connectivity index (χ3v) is 6.52. The number of rotatable bonds is 5. The molecule has 1 atom stereocenters. The average molecular weight is 555 g/mol. The van der Waals surface area contributed by atoms with Crippen LogP contribution in [0.1, 0.15) is 30.4 Å². The van der Waals surface area contributed by atoms with Gasteiger partial charge < -0.3 is 20.0 Å². The number of nitrogens with zero attached hydrogens (tertiary/aromatic N) is 6. The van der Waals surface area contributed by atoms with E-state index >= 15 is 0 Å². The summed E-state index contributed by atoms with van der Waals surface area (Å²) in [5, 5.41) is 7.71. The molecule has 1 aromatic heterocycles. The lowest BCUT2D eigenvalue weighted by Gasteiger charge is -2.35. The van der Waals surface area contributed by atoms with Crippen molar-refractivity contribution in [1.29, 1.82) is 0 Å². The molecule has 2 aliphatic heterocycles. The standard InChI is InChI=1S/C23H34FN7.HI/c1-4-29-9-11-30(12-10-29)22-6-5-18(13-21(22)24)14-26-23(25-2)31-8-7-19(17-31)20-15-27-28(3)16-20;/h5-6,13,15-16,19H,4,7-12,14,17H2,1-3H3,(H,25,26);1H. The Morgan fingerprint density at radius 3 is 2.62 bits per heavy atom. The van der Waals surface area contributed by atoms with Crippen LogP contribution in [0, 0.1) is 5.82 Å². The Kier molecular flexibility index (Phi) is 8.75. The lowest BCUT2D eigenvalue weighted by Crippen LogP contribution is -2.46. The van der Waals surface area contributed by atoms with Crippen LogP contribution in [0.5, 0.6) is 0 Å². The molecule has 2 fully saturated rings. The summed E-state index contributed by atoms with van der Waals surface area (Å²) in [6.45, 7) is 9.40. The molecule has 1 N–H and O–H groups in total. The number of aryl methyl sites for hydroxylation is 1. The van der Waals surface area contributed by atoms with Crippen molar-refractivity contribution in [2.45, 2.75) is 25.8 Å². The first kappa shape index (κ1) is 24.8. The molecule has 32 heavy (non-hydrogen) atoms. The molecule has 0 amide bonds. The third-order valence-electron chi connectivity index (χ3n) is 6.52. The topological polar surface area (TPSA) is 51.9 Å². The highest BCUT2D eigenvalue weighted by Gasteiger charge is 2.27. The highest BCUT2D eigenvalue weighted by molar-refractivity contribution is 14.0. The van der Waals surface area contributed by atoms with Crippen molar-refractivity contribution in [3.63, 3.8) is 0 Å². The van der Waals surface area contributed by atoms with E-state index in [1.807, 2.05) is 30.1 Å². The van der Waals surface area contributed by atoms with Gasteiger partial charge in [-0.15, -0.1) is 24.0 Å². The van der Waals surface area contributed by atoms with Gasteiger partial charge in [-0.25, -0.2) is 4.39 Å². The molecule has 0 bridgehead atoms. The fourth-order valence-electron chi connectivity index (χ4n) is 4.61. The zero-order chi connectivity index (χ0) is 21.8. The van der Waals surface area contributed by atoms with Crippen molar-refractivity contribution in [3.8, 4) is 0 Å². The van der Waals surface area contributed by atoms with Crippen LogP contribution in [-0.4, -0.2) is 78.4 Å². The first-order valence-electron chi connectivity index (χ1n) is 11.3. The molecule has 7 nitrogen and oxygen atoms in total. The minimum absolute atomic E-state index is 0. The summed E-state index contributed by atoms with van der Waals surface area (Å²) >= 11 is 0. The fourth-order valence-corrected chi connectivity index (χ4v) is 4.61. The third kappa shape index (κ3) is 5.72. The van der Waals surface area contributed by atoms with Gasteiger partial charge in [0, 0.05) is 72.0 Å². The molecule has 1 aromatic carbocycles. The highest BCUT2D eigenvalue weighted by atomic mass is 127. The number of aromatic nitrogens is 2. The fraction of sp³-hybridized carbons (Fsp3) is 0.565. The largest absolute Gasteiger partial charge is 0.367 e. The molecule has 1 unspecified atom stereocenters. The molecule has 2 saturated heterocycles. The summed E-state index contributed by atoms with van der Waals surface area (Å²) in [7, 11) is 3.76. The predicted molar refractivity (Wildman–Crippen MR) is 138 cm³/mol. The van der Waals surface area contributed by atoms with Crippen LogP contribution in [0.3, 0.4) is 0 Å². The molecule has 0 radical (unpaired) electrons. The van der Waals surface area contributed by atoms with E-state index in [2.05, 4.69) is 43.2 Å². The Labute approximate surface area is 207 Å². The maximum absolute atomic E-state index is 14.8. The van der Waals surface area contributed by atoms with Gasteiger partial charge >= 0.3 is 0 Å². The number of halogens is 2. The Morgan fingerprint density at radius 1 is 1.22 bits per heavy atom. The molecular formula is C23H35FIN7. The molecule has 2 aromatic rings. The van der Waals surface area contributed by atoms with E-state index in [1.165, 1.54) is 5.56 Å². The van der Waals surface area contributed by atoms with Crippen molar-refractivity contribution in [1.82, 2.24) is 24.9 Å². The Balaban J connectivity index is 0.00000289. The van der Waals surface area contributed by atoms with Crippen LogP contribution in [-0.2, 0) is 13.6 Å². The molecule has 4 rings (SSSR count). The van der Waals surface area contributed by atoms with Crippen molar-refractivity contribution >= 4 is 35.6 Å². The molecule has 0 aliphatic carbocycles. The van der Waals surface area contributed by atoms with E-state index in [0.29, 0.717) is 18.2 Å². The summed E-state index contributed by atoms with van der Waals surface area (Å²) in [5.41, 5.74) is 2.92. The van der Waals surface area contributed by atoms with E-state index < -0.39 is 0 Å². The minimum atomic E-state index is -0.142. The van der Waals surface area contributed by atoms with Crippen LogP contribution >= 0.6 is 24.0 Å². The number of hydrogen-bond acceptors (Lipinski definition) is 4. The van der Waals surface area contributed by atoms with Crippen LogP contribution < -0.4 is 10.2 Å². The number of benzene rings is 1. The SMILES string of the molecule is CCN1CCN(c2ccc(CNC(=NC)N3CCC(c4cnn(C)c4)C3)cc2F)CC1.I. The normalized spacial score (nSPS) is 19.9. The molecule has 0 spiro atoms. The van der Waals surface area contributed by atoms with E-state index in [9.17, 15) is 4.39 Å². The van der Waals surface area contributed by atoms with Gasteiger partial charge in [0.05, 0.1) is 11.9 Å². The zero-order valence-corrected chi connectivity index (χ0v) is 21.6. The van der Waals surface area contributed by atoms with Crippen molar-refractivity contribution in [3.05, 3.63) is 47.5 Å². The first-order chi connectivity index (χ1) is 15.1. The lowest BCUT2D eigenvalue weighted by molar-refractivity contribution is 0.270. The van der Waals surface area contributed by atoms with E-state index in [1.54, 1.807) is 13.1 Å². The Morgan fingerprint density at radius 2 is 2.00 bits per heavy atom. The van der Waals surface area contributed by atoms with Crippen LogP contribution in [0.4, 0.5) is 10.1 Å². The number of aliphatic imine (C=N–C) groups is 1. The number of nitrogens with one attached hydrogen (secondary N) is 1. The van der Waals surface area contributed by atoms with E-state index in [0.717, 1.165) is 63.8 Å².